The van der Waals surface area contributed by atoms with Crippen molar-refractivity contribution in [2.45, 2.75) is 46.1 Å². The maximum absolute atomic E-state index is 13.5. The number of carbonyl (C=O) groups is 1. The van der Waals surface area contributed by atoms with Crippen LogP contribution in [0.3, 0.4) is 0 Å². The highest BCUT2D eigenvalue weighted by Crippen LogP contribution is 2.32. The Balaban J connectivity index is 1.82. The third kappa shape index (κ3) is 4.27. The summed E-state index contributed by atoms with van der Waals surface area (Å²) in [5.74, 6) is -0.0842. The molecule has 0 atom stereocenters. The van der Waals surface area contributed by atoms with E-state index in [1.807, 2.05) is 52.8 Å². The third-order valence-electron chi connectivity index (χ3n) is 6.60. The van der Waals surface area contributed by atoms with Gasteiger partial charge in [0, 0.05) is 38.9 Å². The molecular formula is C24H32N2O4S. The summed E-state index contributed by atoms with van der Waals surface area (Å²) in [7, 11) is -2.04. The van der Waals surface area contributed by atoms with Gasteiger partial charge in [-0.3, -0.25) is 4.79 Å². The molecular weight excluding hydrogens is 412 g/mol. The first-order valence-corrected chi connectivity index (χ1v) is 12.0. The average molecular weight is 445 g/mol. The van der Waals surface area contributed by atoms with Crippen molar-refractivity contribution < 1.29 is 17.9 Å². The van der Waals surface area contributed by atoms with Crippen molar-refractivity contribution in [1.82, 2.24) is 9.21 Å². The lowest BCUT2D eigenvalue weighted by Crippen LogP contribution is -2.50. The summed E-state index contributed by atoms with van der Waals surface area (Å²) in [6, 6.07) is 7.39. The minimum Gasteiger partial charge on any atom is -0.380 e. The van der Waals surface area contributed by atoms with Crippen LogP contribution in [0.4, 0.5) is 0 Å². The Morgan fingerprint density at radius 2 is 1.39 bits per heavy atom. The molecule has 1 saturated heterocycles. The molecule has 0 unspecified atom stereocenters. The normalized spacial score (nSPS) is 15.4. The Bertz CT molecular complexity index is 1070. The van der Waals surface area contributed by atoms with E-state index >= 15 is 0 Å². The number of piperazine rings is 1. The molecule has 31 heavy (non-hydrogen) atoms. The van der Waals surface area contributed by atoms with Gasteiger partial charge in [-0.1, -0.05) is 18.2 Å². The molecule has 0 saturated carbocycles. The first-order valence-electron chi connectivity index (χ1n) is 10.5. The van der Waals surface area contributed by atoms with Gasteiger partial charge in [-0.2, -0.15) is 4.31 Å². The Morgan fingerprint density at radius 1 is 0.871 bits per heavy atom. The fourth-order valence-corrected chi connectivity index (χ4v) is 6.28. The zero-order valence-corrected chi connectivity index (χ0v) is 20.1. The van der Waals surface area contributed by atoms with Crippen LogP contribution in [-0.4, -0.2) is 56.8 Å². The molecule has 1 amide bonds. The molecule has 1 heterocycles. The largest absolute Gasteiger partial charge is 0.380 e. The van der Waals surface area contributed by atoms with E-state index < -0.39 is 10.0 Å². The Morgan fingerprint density at radius 3 is 1.94 bits per heavy atom. The molecule has 1 fully saturated rings. The SMILES string of the molecule is COCc1ccccc1C(=O)N1CCN(S(=O)(=O)c2c(C)c(C)c(C)c(C)c2C)CC1. The smallest absolute Gasteiger partial charge is 0.254 e. The van der Waals surface area contributed by atoms with Gasteiger partial charge in [0.15, 0.2) is 0 Å². The molecule has 3 rings (SSSR count). The van der Waals surface area contributed by atoms with Gasteiger partial charge in [0.2, 0.25) is 10.0 Å². The van der Waals surface area contributed by atoms with Gasteiger partial charge in [-0.05, 0) is 74.1 Å². The van der Waals surface area contributed by atoms with Gasteiger partial charge in [-0.15, -0.1) is 0 Å². The quantitative estimate of drug-likeness (QED) is 0.708. The number of nitrogens with zero attached hydrogens (tertiary/aromatic N) is 2. The zero-order valence-electron chi connectivity index (χ0n) is 19.3. The van der Waals surface area contributed by atoms with Crippen LogP contribution in [-0.2, 0) is 21.4 Å². The molecule has 0 aromatic heterocycles. The zero-order chi connectivity index (χ0) is 22.9. The van der Waals surface area contributed by atoms with Crippen LogP contribution in [0, 0.1) is 34.6 Å². The van der Waals surface area contributed by atoms with Crippen LogP contribution in [0.25, 0.3) is 0 Å². The van der Waals surface area contributed by atoms with Gasteiger partial charge < -0.3 is 9.64 Å². The lowest BCUT2D eigenvalue weighted by atomic mass is 9.95. The third-order valence-corrected chi connectivity index (χ3v) is 8.78. The van der Waals surface area contributed by atoms with Gasteiger partial charge in [0.05, 0.1) is 11.5 Å². The van der Waals surface area contributed by atoms with Crippen molar-refractivity contribution >= 4 is 15.9 Å². The van der Waals surface area contributed by atoms with E-state index in [0.717, 1.165) is 33.4 Å². The van der Waals surface area contributed by atoms with Gasteiger partial charge in [0.1, 0.15) is 0 Å². The van der Waals surface area contributed by atoms with E-state index in [4.69, 9.17) is 4.74 Å². The highest BCUT2D eigenvalue weighted by atomic mass is 32.2. The summed E-state index contributed by atoms with van der Waals surface area (Å²) in [5.41, 5.74) is 6.24. The number of amides is 1. The molecule has 0 radical (unpaired) electrons. The Labute approximate surface area is 185 Å². The molecule has 1 aliphatic heterocycles. The number of benzene rings is 2. The average Bonchev–Trinajstić information content (AvgIpc) is 2.76. The second-order valence-electron chi connectivity index (χ2n) is 8.24. The molecule has 2 aromatic carbocycles. The number of methoxy groups -OCH3 is 1. The summed E-state index contributed by atoms with van der Waals surface area (Å²) in [6.45, 7) is 11.4. The molecule has 168 valence electrons. The predicted molar refractivity (Wildman–Crippen MR) is 122 cm³/mol. The Hall–Kier alpha value is -2.22. The minimum atomic E-state index is -3.64. The first-order chi connectivity index (χ1) is 14.6. The molecule has 2 aromatic rings. The molecule has 0 bridgehead atoms. The van der Waals surface area contributed by atoms with Crippen LogP contribution in [0.5, 0.6) is 0 Å². The molecule has 0 N–H and O–H groups in total. The number of hydrogen-bond acceptors (Lipinski definition) is 4. The van der Waals surface area contributed by atoms with Crippen LogP contribution in [0.2, 0.25) is 0 Å². The Kier molecular flexibility index (Phi) is 6.88. The van der Waals surface area contributed by atoms with Gasteiger partial charge in [0.25, 0.3) is 5.91 Å². The number of sulfonamides is 1. The number of carbonyl (C=O) groups excluding carboxylic acids is 1. The second-order valence-corrected chi connectivity index (χ2v) is 10.1. The van der Waals surface area contributed by atoms with Crippen LogP contribution in [0.15, 0.2) is 29.2 Å². The van der Waals surface area contributed by atoms with E-state index in [2.05, 4.69) is 0 Å². The standard InChI is InChI=1S/C24H32N2O4S/c1-16-17(2)19(4)23(20(5)18(16)3)31(28,29)26-13-11-25(12-14-26)24(27)22-10-8-7-9-21(22)15-30-6/h7-10H,11-15H2,1-6H3. The van der Waals surface area contributed by atoms with Crippen LogP contribution < -0.4 is 0 Å². The molecule has 1 aliphatic rings. The monoisotopic (exact) mass is 444 g/mol. The van der Waals surface area contributed by atoms with Crippen LogP contribution >= 0.6 is 0 Å². The minimum absolute atomic E-state index is 0.0842. The maximum Gasteiger partial charge on any atom is 0.254 e. The number of ether oxygens (including phenoxy) is 1. The van der Waals surface area contributed by atoms with Crippen molar-refractivity contribution in [3.8, 4) is 0 Å². The molecule has 0 aliphatic carbocycles. The number of hydrogen-bond donors (Lipinski definition) is 0. The second kappa shape index (κ2) is 9.10. The summed E-state index contributed by atoms with van der Waals surface area (Å²) in [4.78, 5) is 15.2. The highest BCUT2D eigenvalue weighted by molar-refractivity contribution is 7.89. The topological polar surface area (TPSA) is 66.9 Å². The summed E-state index contributed by atoms with van der Waals surface area (Å²) in [5, 5.41) is 0. The van der Waals surface area contributed by atoms with Crippen molar-refractivity contribution in [2.24, 2.45) is 0 Å². The first kappa shape index (κ1) is 23.4. The van der Waals surface area contributed by atoms with E-state index in [9.17, 15) is 13.2 Å². The van der Waals surface area contributed by atoms with Crippen LogP contribution in [0.1, 0.15) is 43.7 Å². The molecule has 6 nitrogen and oxygen atoms in total. The highest BCUT2D eigenvalue weighted by Gasteiger charge is 2.33. The van der Waals surface area contributed by atoms with Crippen molar-refractivity contribution in [3.05, 3.63) is 63.2 Å². The van der Waals surface area contributed by atoms with E-state index in [1.54, 1.807) is 18.1 Å². The van der Waals surface area contributed by atoms with Crippen molar-refractivity contribution in [3.63, 3.8) is 0 Å². The maximum atomic E-state index is 13.5. The molecule has 7 heteroatoms. The fraction of sp³-hybridized carbons (Fsp3) is 0.458. The fourth-order valence-electron chi connectivity index (χ4n) is 4.29. The van der Waals surface area contributed by atoms with Crippen molar-refractivity contribution in [2.75, 3.05) is 33.3 Å². The van der Waals surface area contributed by atoms with Crippen molar-refractivity contribution in [1.29, 1.82) is 0 Å². The van der Waals surface area contributed by atoms with Gasteiger partial charge in [-0.25, -0.2) is 8.42 Å². The van der Waals surface area contributed by atoms with Gasteiger partial charge >= 0.3 is 0 Å². The number of rotatable bonds is 5. The lowest BCUT2D eigenvalue weighted by molar-refractivity contribution is 0.0693. The van der Waals surface area contributed by atoms with E-state index in [-0.39, 0.29) is 19.0 Å². The summed E-state index contributed by atoms with van der Waals surface area (Å²) >= 11 is 0. The summed E-state index contributed by atoms with van der Waals surface area (Å²) in [6.07, 6.45) is 0. The molecule has 0 spiro atoms. The lowest BCUT2D eigenvalue weighted by Gasteiger charge is -2.35. The van der Waals surface area contributed by atoms with E-state index in [1.165, 1.54) is 4.31 Å². The predicted octanol–water partition coefficient (Wildman–Crippen LogP) is 3.52. The summed E-state index contributed by atoms with van der Waals surface area (Å²) < 4.78 is 33.8. The van der Waals surface area contributed by atoms with E-state index in [0.29, 0.717) is 30.2 Å².